The number of hydrogen-bond acceptors (Lipinski definition) is 2. The summed E-state index contributed by atoms with van der Waals surface area (Å²) in [5.41, 5.74) is 9.44. The summed E-state index contributed by atoms with van der Waals surface area (Å²) in [6.07, 6.45) is 6.52. The molecule has 0 aromatic heterocycles. The van der Waals surface area contributed by atoms with Crippen molar-refractivity contribution in [2.75, 3.05) is 6.54 Å². The first kappa shape index (κ1) is 16.2. The molecule has 0 bridgehead atoms. The molecule has 0 saturated heterocycles. The van der Waals surface area contributed by atoms with Gasteiger partial charge >= 0.3 is 0 Å². The molecule has 1 aliphatic carbocycles. The zero-order chi connectivity index (χ0) is 15.9. The van der Waals surface area contributed by atoms with Crippen LogP contribution >= 0.6 is 0 Å². The zero-order valence-electron chi connectivity index (χ0n) is 13.8. The average Bonchev–Trinajstić information content (AvgIpc) is 3.07. The van der Waals surface area contributed by atoms with Gasteiger partial charge in [-0.15, -0.1) is 0 Å². The van der Waals surface area contributed by atoms with Crippen LogP contribution < -0.4 is 5.73 Å². The molecule has 0 spiro atoms. The largest absolute Gasteiger partial charge is 0.374 e. The number of hydrogen-bond donors (Lipinski definition) is 1. The lowest BCUT2D eigenvalue weighted by atomic mass is 10.0. The summed E-state index contributed by atoms with van der Waals surface area (Å²) in [5, 5.41) is 0. The van der Waals surface area contributed by atoms with Crippen molar-refractivity contribution in [1.82, 2.24) is 0 Å². The summed E-state index contributed by atoms with van der Waals surface area (Å²) in [6, 6.07) is 19.1. The van der Waals surface area contributed by atoms with Crippen molar-refractivity contribution in [3.63, 3.8) is 0 Å². The Bertz CT molecular complexity index is 596. The minimum atomic E-state index is 0.418. The predicted octanol–water partition coefficient (Wildman–Crippen LogP) is 4.78. The molecule has 0 unspecified atom stereocenters. The number of benzene rings is 2. The molecule has 0 amide bonds. The van der Waals surface area contributed by atoms with Crippen LogP contribution in [0.2, 0.25) is 0 Å². The first-order valence-electron chi connectivity index (χ1n) is 8.82. The molecule has 0 radical (unpaired) electrons. The lowest BCUT2D eigenvalue weighted by Gasteiger charge is -2.15. The highest BCUT2D eigenvalue weighted by Gasteiger charge is 2.24. The Kier molecular flexibility index (Phi) is 5.84. The van der Waals surface area contributed by atoms with Crippen molar-refractivity contribution in [2.24, 2.45) is 11.7 Å². The third-order valence-corrected chi connectivity index (χ3v) is 4.89. The van der Waals surface area contributed by atoms with Gasteiger partial charge in [0.25, 0.3) is 0 Å². The van der Waals surface area contributed by atoms with Crippen LogP contribution in [0.5, 0.6) is 0 Å². The molecular formula is C21H27NO. The third-order valence-electron chi connectivity index (χ3n) is 4.89. The third kappa shape index (κ3) is 4.43. The summed E-state index contributed by atoms with van der Waals surface area (Å²) in [4.78, 5) is 0. The Morgan fingerprint density at radius 1 is 0.957 bits per heavy atom. The van der Waals surface area contributed by atoms with Crippen molar-refractivity contribution in [3.8, 4) is 11.1 Å². The summed E-state index contributed by atoms with van der Waals surface area (Å²) in [5.74, 6) is 0.813. The van der Waals surface area contributed by atoms with Gasteiger partial charge in [0.05, 0.1) is 12.7 Å². The maximum atomic E-state index is 6.23. The van der Waals surface area contributed by atoms with Crippen LogP contribution in [0.25, 0.3) is 11.1 Å². The van der Waals surface area contributed by atoms with Gasteiger partial charge in [0.2, 0.25) is 0 Å². The van der Waals surface area contributed by atoms with Crippen molar-refractivity contribution < 1.29 is 4.74 Å². The lowest BCUT2D eigenvalue weighted by Crippen LogP contribution is -2.10. The Balaban J connectivity index is 1.59. The van der Waals surface area contributed by atoms with Crippen molar-refractivity contribution in [2.45, 2.75) is 44.8 Å². The van der Waals surface area contributed by atoms with Crippen molar-refractivity contribution in [3.05, 3.63) is 60.2 Å². The highest BCUT2D eigenvalue weighted by Crippen LogP contribution is 2.32. The molecular weight excluding hydrogens is 282 g/mol. The van der Waals surface area contributed by atoms with Crippen LogP contribution in [-0.4, -0.2) is 12.6 Å². The molecule has 3 rings (SSSR count). The van der Waals surface area contributed by atoms with E-state index >= 15 is 0 Å². The molecule has 1 aliphatic rings. The number of nitrogens with two attached hydrogens (primary N) is 1. The Labute approximate surface area is 139 Å². The number of rotatable bonds is 7. The second-order valence-electron chi connectivity index (χ2n) is 6.57. The normalized spacial score (nSPS) is 20.7. The predicted molar refractivity (Wildman–Crippen MR) is 96.1 cm³/mol. The van der Waals surface area contributed by atoms with E-state index in [4.69, 9.17) is 10.5 Å². The fourth-order valence-corrected chi connectivity index (χ4v) is 3.60. The van der Waals surface area contributed by atoms with E-state index in [2.05, 4.69) is 54.6 Å². The van der Waals surface area contributed by atoms with Gasteiger partial charge in [-0.1, -0.05) is 54.6 Å². The fourth-order valence-electron chi connectivity index (χ4n) is 3.60. The highest BCUT2D eigenvalue weighted by atomic mass is 16.5. The molecule has 2 aromatic rings. The van der Waals surface area contributed by atoms with E-state index in [0.717, 1.165) is 18.9 Å². The van der Waals surface area contributed by atoms with Gasteiger partial charge in [-0.25, -0.2) is 0 Å². The smallest absolute Gasteiger partial charge is 0.0726 e. The molecule has 122 valence electrons. The monoisotopic (exact) mass is 309 g/mol. The van der Waals surface area contributed by atoms with Crippen LogP contribution in [0.3, 0.4) is 0 Å². The summed E-state index contributed by atoms with van der Waals surface area (Å²) in [6.45, 7) is 1.52. The Hall–Kier alpha value is -1.64. The van der Waals surface area contributed by atoms with Crippen LogP contribution in [0, 0.1) is 5.92 Å². The van der Waals surface area contributed by atoms with Gasteiger partial charge < -0.3 is 10.5 Å². The zero-order valence-corrected chi connectivity index (χ0v) is 13.8. The van der Waals surface area contributed by atoms with E-state index in [1.165, 1.54) is 42.4 Å². The molecule has 2 heteroatoms. The van der Waals surface area contributed by atoms with Gasteiger partial charge in [-0.05, 0) is 61.3 Å². The molecule has 1 fully saturated rings. The van der Waals surface area contributed by atoms with Gasteiger partial charge in [-0.3, -0.25) is 0 Å². The molecule has 0 heterocycles. The van der Waals surface area contributed by atoms with Crippen molar-refractivity contribution >= 4 is 0 Å². The molecule has 2 atom stereocenters. The summed E-state index contributed by atoms with van der Waals surface area (Å²) < 4.78 is 6.23. The first-order valence-corrected chi connectivity index (χ1v) is 8.82. The topological polar surface area (TPSA) is 35.2 Å². The van der Waals surface area contributed by atoms with Crippen LogP contribution in [-0.2, 0) is 11.3 Å². The molecule has 0 aliphatic heterocycles. The number of ether oxygens (including phenoxy) is 1. The molecule has 23 heavy (non-hydrogen) atoms. The first-order chi connectivity index (χ1) is 11.4. The maximum absolute atomic E-state index is 6.23. The van der Waals surface area contributed by atoms with Crippen LogP contribution in [0.4, 0.5) is 0 Å². The summed E-state index contributed by atoms with van der Waals surface area (Å²) >= 11 is 0. The van der Waals surface area contributed by atoms with E-state index in [-0.39, 0.29) is 0 Å². The molecule has 1 saturated carbocycles. The minimum Gasteiger partial charge on any atom is -0.374 e. The second-order valence-corrected chi connectivity index (χ2v) is 6.57. The lowest BCUT2D eigenvalue weighted by molar-refractivity contribution is 0.0429. The SMILES string of the molecule is NCCC[C@H]1CC[C@H](OCc2ccccc2-c2ccccc2)C1. The van der Waals surface area contributed by atoms with Gasteiger partial charge in [0.1, 0.15) is 0 Å². The van der Waals surface area contributed by atoms with Crippen LogP contribution in [0.15, 0.2) is 54.6 Å². The Morgan fingerprint density at radius 3 is 2.57 bits per heavy atom. The maximum Gasteiger partial charge on any atom is 0.0726 e. The fraction of sp³-hybridized carbons (Fsp3) is 0.429. The molecule has 2 aromatic carbocycles. The standard InChI is InChI=1S/C21H27NO/c22-14-6-7-17-12-13-20(15-17)23-16-19-10-4-5-11-21(19)18-8-2-1-3-9-18/h1-5,8-11,17,20H,6-7,12-16,22H2/t17-,20-/m0/s1. The Morgan fingerprint density at radius 2 is 1.74 bits per heavy atom. The quantitative estimate of drug-likeness (QED) is 0.799. The van der Waals surface area contributed by atoms with E-state index in [1.54, 1.807) is 0 Å². The van der Waals surface area contributed by atoms with E-state index in [9.17, 15) is 0 Å². The summed E-state index contributed by atoms with van der Waals surface area (Å²) in [7, 11) is 0. The minimum absolute atomic E-state index is 0.418. The van der Waals surface area contributed by atoms with Gasteiger partial charge in [0, 0.05) is 0 Å². The highest BCUT2D eigenvalue weighted by molar-refractivity contribution is 5.67. The second kappa shape index (κ2) is 8.28. The van der Waals surface area contributed by atoms with E-state index in [0.29, 0.717) is 12.7 Å². The van der Waals surface area contributed by atoms with Crippen molar-refractivity contribution in [1.29, 1.82) is 0 Å². The van der Waals surface area contributed by atoms with Gasteiger partial charge in [-0.2, -0.15) is 0 Å². The van der Waals surface area contributed by atoms with E-state index < -0.39 is 0 Å². The molecule has 2 N–H and O–H groups in total. The van der Waals surface area contributed by atoms with E-state index in [1.807, 2.05) is 0 Å². The average molecular weight is 309 g/mol. The van der Waals surface area contributed by atoms with Crippen LogP contribution in [0.1, 0.15) is 37.7 Å². The molecule has 2 nitrogen and oxygen atoms in total. The van der Waals surface area contributed by atoms with Gasteiger partial charge in [0.15, 0.2) is 0 Å².